The first-order chi connectivity index (χ1) is 14.5. The van der Waals surface area contributed by atoms with Crippen molar-refractivity contribution in [3.05, 3.63) is 53.3 Å². The zero-order chi connectivity index (χ0) is 22.9. The first-order valence-corrected chi connectivity index (χ1v) is 11.4. The van der Waals surface area contributed by atoms with E-state index < -0.39 is 16.6 Å². The number of thioether (sulfide) groups is 1. The Morgan fingerprint density at radius 3 is 2.42 bits per heavy atom. The van der Waals surface area contributed by atoms with Gasteiger partial charge in [0.2, 0.25) is 0 Å². The van der Waals surface area contributed by atoms with Crippen LogP contribution in [0.15, 0.2) is 47.8 Å². The molecule has 0 amide bonds. The van der Waals surface area contributed by atoms with E-state index in [2.05, 4.69) is 18.0 Å². The molecule has 0 radical (unpaired) electrons. The van der Waals surface area contributed by atoms with Gasteiger partial charge in [-0.25, -0.2) is 4.98 Å². The number of fused-ring (bicyclic) bond motifs is 1. The van der Waals surface area contributed by atoms with Crippen LogP contribution in [0.4, 0.5) is 0 Å². The van der Waals surface area contributed by atoms with Crippen molar-refractivity contribution in [2.75, 3.05) is 0 Å². The van der Waals surface area contributed by atoms with Crippen LogP contribution in [0.2, 0.25) is 5.15 Å². The van der Waals surface area contributed by atoms with Crippen molar-refractivity contribution in [1.29, 1.82) is 0 Å². The first-order valence-electron chi connectivity index (χ1n) is 10.2. The van der Waals surface area contributed by atoms with Gasteiger partial charge in [-0.05, 0) is 43.7 Å². The molecule has 0 aliphatic carbocycles. The molecule has 0 saturated carbocycles. The Bertz CT molecular complexity index is 1140. The molecule has 0 spiro atoms. The Kier molecular flexibility index (Phi) is 6.82. The predicted octanol–water partition coefficient (Wildman–Crippen LogP) is 6.17. The molecule has 164 valence electrons. The molecule has 3 rings (SSSR count). The first kappa shape index (κ1) is 23.4. The molecule has 0 saturated heterocycles. The smallest absolute Gasteiger partial charge is 0.307 e. The molecule has 1 atom stereocenters. The number of hydrogen-bond donors (Lipinski definition) is 1. The molecular weight excluding hydrogens is 432 g/mol. The average Bonchev–Trinajstić information content (AvgIpc) is 3.05. The normalized spacial score (nSPS) is 13.0. The summed E-state index contributed by atoms with van der Waals surface area (Å²) in [5, 5.41) is 12.7. The number of carbonyl (C=O) groups is 2. The third-order valence-electron chi connectivity index (χ3n) is 5.59. The topological polar surface area (TPSA) is 72.2 Å². The summed E-state index contributed by atoms with van der Waals surface area (Å²) in [6.45, 7) is 9.31. The van der Waals surface area contributed by atoms with Crippen molar-refractivity contribution < 1.29 is 14.7 Å². The summed E-state index contributed by atoms with van der Waals surface area (Å²) in [6, 6.07) is 12.1. The summed E-state index contributed by atoms with van der Waals surface area (Å²) in [5.74, 6) is -1.91. The van der Waals surface area contributed by atoms with Crippen LogP contribution in [0.3, 0.4) is 0 Å². The quantitative estimate of drug-likeness (QED) is 0.408. The van der Waals surface area contributed by atoms with E-state index in [9.17, 15) is 14.7 Å². The Morgan fingerprint density at radius 2 is 1.81 bits per heavy atom. The van der Waals surface area contributed by atoms with Crippen molar-refractivity contribution in [1.82, 2.24) is 9.55 Å². The maximum absolute atomic E-state index is 13.0. The summed E-state index contributed by atoms with van der Waals surface area (Å²) >= 11 is 7.82. The Balaban J connectivity index is 1.98. The molecular formula is C24H27ClN2O3S. The standard InChI is InChI=1S/C24H27ClN2O3S/c1-14(2)18(22(29)30)12-20(28)24(4,5)31-23-26-13-21(25)27(23)19-11-10-15(3)16-8-6-7-9-17(16)19/h6-11,13-14,18H,12H2,1-5H3,(H,29,30). The lowest BCUT2D eigenvalue weighted by Gasteiger charge is -2.25. The summed E-state index contributed by atoms with van der Waals surface area (Å²) < 4.78 is 0.982. The molecule has 31 heavy (non-hydrogen) atoms. The maximum atomic E-state index is 13.0. The fourth-order valence-electron chi connectivity index (χ4n) is 3.57. The maximum Gasteiger partial charge on any atom is 0.307 e. The van der Waals surface area contributed by atoms with Gasteiger partial charge in [0, 0.05) is 11.8 Å². The summed E-state index contributed by atoms with van der Waals surface area (Å²) in [5.41, 5.74) is 2.05. The molecule has 0 fully saturated rings. The third-order valence-corrected chi connectivity index (χ3v) is 7.07. The lowest BCUT2D eigenvalue weighted by molar-refractivity contribution is -0.145. The van der Waals surface area contributed by atoms with Crippen molar-refractivity contribution in [2.24, 2.45) is 11.8 Å². The molecule has 7 heteroatoms. The summed E-state index contributed by atoms with van der Waals surface area (Å²) in [6.07, 6.45) is 1.56. The number of aromatic nitrogens is 2. The van der Waals surface area contributed by atoms with E-state index in [0.29, 0.717) is 10.3 Å². The number of carboxylic acids is 1. The van der Waals surface area contributed by atoms with E-state index in [1.165, 1.54) is 11.8 Å². The van der Waals surface area contributed by atoms with Crippen LogP contribution in [-0.2, 0) is 9.59 Å². The minimum atomic E-state index is -0.945. The summed E-state index contributed by atoms with van der Waals surface area (Å²) in [4.78, 5) is 29.1. The van der Waals surface area contributed by atoms with Crippen LogP contribution in [-0.4, -0.2) is 31.2 Å². The van der Waals surface area contributed by atoms with Crippen LogP contribution >= 0.6 is 23.4 Å². The lowest BCUT2D eigenvalue weighted by Crippen LogP contribution is -2.33. The predicted molar refractivity (Wildman–Crippen MR) is 126 cm³/mol. The molecule has 0 bridgehead atoms. The number of carbonyl (C=O) groups excluding carboxylic acids is 1. The van der Waals surface area contributed by atoms with Gasteiger partial charge in [-0.2, -0.15) is 0 Å². The number of halogens is 1. The van der Waals surface area contributed by atoms with Crippen molar-refractivity contribution >= 4 is 45.9 Å². The Morgan fingerprint density at radius 1 is 1.16 bits per heavy atom. The highest BCUT2D eigenvalue weighted by Gasteiger charge is 2.35. The number of hydrogen-bond acceptors (Lipinski definition) is 4. The highest BCUT2D eigenvalue weighted by Crippen LogP contribution is 2.39. The number of Topliss-reactive ketones (excluding diaryl/α,β-unsaturated/α-hetero) is 1. The van der Waals surface area contributed by atoms with Gasteiger partial charge in [0.15, 0.2) is 5.16 Å². The molecule has 5 nitrogen and oxygen atoms in total. The number of aliphatic carboxylic acids is 1. The average molecular weight is 459 g/mol. The number of imidazole rings is 1. The zero-order valence-electron chi connectivity index (χ0n) is 18.3. The molecule has 1 heterocycles. The third kappa shape index (κ3) is 4.80. The van der Waals surface area contributed by atoms with Gasteiger partial charge in [-0.1, -0.05) is 67.5 Å². The Hall–Kier alpha value is -2.31. The van der Waals surface area contributed by atoms with E-state index >= 15 is 0 Å². The molecule has 1 unspecified atom stereocenters. The largest absolute Gasteiger partial charge is 0.481 e. The van der Waals surface area contributed by atoms with Crippen molar-refractivity contribution in [3.63, 3.8) is 0 Å². The molecule has 1 aromatic heterocycles. The van der Waals surface area contributed by atoms with Crippen molar-refractivity contribution in [2.45, 2.75) is 50.9 Å². The molecule has 2 aromatic carbocycles. The lowest BCUT2D eigenvalue weighted by atomic mass is 9.88. The fraction of sp³-hybridized carbons (Fsp3) is 0.375. The monoisotopic (exact) mass is 458 g/mol. The number of benzene rings is 2. The van der Waals surface area contributed by atoms with E-state index in [0.717, 1.165) is 22.0 Å². The van der Waals surface area contributed by atoms with Gasteiger partial charge < -0.3 is 5.11 Å². The van der Waals surface area contributed by atoms with Gasteiger partial charge >= 0.3 is 5.97 Å². The minimum absolute atomic E-state index is 0.0189. The SMILES string of the molecule is Cc1ccc(-n2c(Cl)cnc2SC(C)(C)C(=O)CC(C(=O)O)C(C)C)c2ccccc12. The highest BCUT2D eigenvalue weighted by molar-refractivity contribution is 8.01. The van der Waals surface area contributed by atoms with Gasteiger partial charge in [-0.15, -0.1) is 0 Å². The fourth-order valence-corrected chi connectivity index (χ4v) is 4.89. The molecule has 1 N–H and O–H groups in total. The van der Waals surface area contributed by atoms with Crippen molar-refractivity contribution in [3.8, 4) is 5.69 Å². The molecule has 0 aliphatic rings. The Labute approximate surface area is 191 Å². The van der Waals surface area contributed by atoms with E-state index in [1.807, 2.05) is 48.7 Å². The van der Waals surface area contributed by atoms with Crippen LogP contribution in [0.25, 0.3) is 16.5 Å². The van der Waals surface area contributed by atoms with E-state index in [1.54, 1.807) is 20.0 Å². The van der Waals surface area contributed by atoms with E-state index in [-0.39, 0.29) is 18.1 Å². The van der Waals surface area contributed by atoms with Gasteiger partial charge in [0.25, 0.3) is 0 Å². The van der Waals surface area contributed by atoms with Crippen LogP contribution < -0.4 is 0 Å². The van der Waals surface area contributed by atoms with Gasteiger partial charge in [-0.3, -0.25) is 14.2 Å². The van der Waals surface area contributed by atoms with E-state index in [4.69, 9.17) is 11.6 Å². The molecule has 3 aromatic rings. The number of aryl methyl sites for hydroxylation is 1. The van der Waals surface area contributed by atoms with Crippen LogP contribution in [0.1, 0.15) is 39.7 Å². The number of carboxylic acid groups (broad SMARTS) is 1. The second-order valence-electron chi connectivity index (χ2n) is 8.57. The highest BCUT2D eigenvalue weighted by atomic mass is 35.5. The minimum Gasteiger partial charge on any atom is -0.481 e. The summed E-state index contributed by atoms with van der Waals surface area (Å²) in [7, 11) is 0. The second kappa shape index (κ2) is 9.05. The number of rotatable bonds is 8. The van der Waals surface area contributed by atoms with Crippen LogP contribution in [0.5, 0.6) is 0 Å². The van der Waals surface area contributed by atoms with Crippen LogP contribution in [0, 0.1) is 18.8 Å². The van der Waals surface area contributed by atoms with Gasteiger partial charge in [0.05, 0.1) is 22.5 Å². The number of ketones is 1. The zero-order valence-corrected chi connectivity index (χ0v) is 19.9. The second-order valence-corrected chi connectivity index (χ2v) is 10.6. The molecule has 0 aliphatic heterocycles. The van der Waals surface area contributed by atoms with Gasteiger partial charge in [0.1, 0.15) is 10.9 Å². The number of nitrogens with zero attached hydrogens (tertiary/aromatic N) is 2.